The molecular formula is C22H18N4O7. The van der Waals surface area contributed by atoms with Gasteiger partial charge in [-0.05, 0) is 24.5 Å². The van der Waals surface area contributed by atoms with Gasteiger partial charge in [0, 0.05) is 18.2 Å². The van der Waals surface area contributed by atoms with Gasteiger partial charge in [0.15, 0.2) is 0 Å². The SMILES string of the molecule is O=C(c1ccccc1[N+](=O)[O-])N(Cc1ccc([N+](=O)[O-])cc1)N1C(=O)[C@H]2CC=CC[C@@H]2C1=O. The molecule has 1 saturated heterocycles. The normalized spacial score (nSPS) is 19.3. The molecule has 33 heavy (non-hydrogen) atoms. The summed E-state index contributed by atoms with van der Waals surface area (Å²) in [6.07, 6.45) is 4.33. The van der Waals surface area contributed by atoms with Crippen LogP contribution in [0.3, 0.4) is 0 Å². The molecule has 2 aliphatic rings. The van der Waals surface area contributed by atoms with E-state index in [4.69, 9.17) is 0 Å². The van der Waals surface area contributed by atoms with Crippen molar-refractivity contribution >= 4 is 29.1 Å². The van der Waals surface area contributed by atoms with E-state index in [1.807, 2.05) is 0 Å². The Kier molecular flexibility index (Phi) is 5.69. The summed E-state index contributed by atoms with van der Waals surface area (Å²) in [5.41, 5.74) is -0.505. The van der Waals surface area contributed by atoms with Crippen molar-refractivity contribution < 1.29 is 24.2 Å². The molecule has 2 atom stereocenters. The minimum Gasteiger partial charge on any atom is -0.272 e. The van der Waals surface area contributed by atoms with E-state index in [-0.39, 0.29) is 17.8 Å². The molecule has 11 nitrogen and oxygen atoms in total. The number of imide groups is 1. The van der Waals surface area contributed by atoms with Gasteiger partial charge in [0.1, 0.15) is 5.56 Å². The zero-order chi connectivity index (χ0) is 23.7. The Morgan fingerprint density at radius 1 is 0.909 bits per heavy atom. The van der Waals surface area contributed by atoms with Crippen molar-refractivity contribution in [1.29, 1.82) is 0 Å². The second-order valence-corrected chi connectivity index (χ2v) is 7.70. The van der Waals surface area contributed by atoms with Crippen molar-refractivity contribution in [3.05, 3.63) is 92.0 Å². The number of allylic oxidation sites excluding steroid dienone is 2. The number of rotatable bonds is 6. The first-order valence-corrected chi connectivity index (χ1v) is 10.1. The summed E-state index contributed by atoms with van der Waals surface area (Å²) in [4.78, 5) is 60.9. The van der Waals surface area contributed by atoms with Gasteiger partial charge in [0.2, 0.25) is 0 Å². The van der Waals surface area contributed by atoms with E-state index in [1.54, 1.807) is 12.2 Å². The molecule has 1 fully saturated rings. The van der Waals surface area contributed by atoms with Crippen LogP contribution in [-0.4, -0.2) is 37.6 Å². The van der Waals surface area contributed by atoms with Crippen molar-refractivity contribution in [2.45, 2.75) is 19.4 Å². The molecular weight excluding hydrogens is 432 g/mol. The molecule has 1 aliphatic carbocycles. The van der Waals surface area contributed by atoms with E-state index in [0.717, 1.165) is 16.1 Å². The highest BCUT2D eigenvalue weighted by Gasteiger charge is 2.51. The fraction of sp³-hybridized carbons (Fsp3) is 0.227. The topological polar surface area (TPSA) is 144 Å². The first-order valence-electron chi connectivity index (χ1n) is 10.1. The highest BCUT2D eigenvalue weighted by Crippen LogP contribution is 2.37. The molecule has 0 aromatic heterocycles. The maximum Gasteiger partial charge on any atom is 0.282 e. The minimum absolute atomic E-state index is 0.166. The van der Waals surface area contributed by atoms with Gasteiger partial charge < -0.3 is 0 Å². The van der Waals surface area contributed by atoms with Crippen molar-refractivity contribution in [3.8, 4) is 0 Å². The zero-order valence-corrected chi connectivity index (χ0v) is 17.2. The fourth-order valence-corrected chi connectivity index (χ4v) is 4.10. The number of benzene rings is 2. The lowest BCUT2D eigenvalue weighted by molar-refractivity contribution is -0.385. The summed E-state index contributed by atoms with van der Waals surface area (Å²) in [5.74, 6) is -3.22. The molecule has 1 heterocycles. The van der Waals surface area contributed by atoms with Crippen LogP contribution in [0.2, 0.25) is 0 Å². The molecule has 0 N–H and O–H groups in total. The van der Waals surface area contributed by atoms with E-state index in [9.17, 15) is 34.6 Å². The third kappa shape index (κ3) is 3.95. The molecule has 2 aromatic carbocycles. The van der Waals surface area contributed by atoms with Gasteiger partial charge in [-0.1, -0.05) is 36.4 Å². The number of hydrogen-bond donors (Lipinski definition) is 0. The van der Waals surface area contributed by atoms with Crippen LogP contribution in [0.25, 0.3) is 0 Å². The average molecular weight is 450 g/mol. The van der Waals surface area contributed by atoms with Crippen LogP contribution >= 0.6 is 0 Å². The van der Waals surface area contributed by atoms with Crippen molar-refractivity contribution in [2.24, 2.45) is 11.8 Å². The van der Waals surface area contributed by atoms with Crippen LogP contribution < -0.4 is 0 Å². The smallest absolute Gasteiger partial charge is 0.272 e. The maximum absolute atomic E-state index is 13.5. The number of hydrogen-bond acceptors (Lipinski definition) is 7. The minimum atomic E-state index is -0.894. The predicted molar refractivity (Wildman–Crippen MR) is 113 cm³/mol. The summed E-state index contributed by atoms with van der Waals surface area (Å²) in [6, 6.07) is 10.5. The van der Waals surface area contributed by atoms with Gasteiger partial charge in [0.05, 0.1) is 28.2 Å². The number of carbonyl (C=O) groups is 3. The molecule has 0 radical (unpaired) electrons. The van der Waals surface area contributed by atoms with E-state index in [2.05, 4.69) is 0 Å². The molecule has 0 spiro atoms. The van der Waals surface area contributed by atoms with Crippen LogP contribution in [0.4, 0.5) is 11.4 Å². The third-order valence-electron chi connectivity index (χ3n) is 5.77. The number of nitro groups is 2. The second kappa shape index (κ2) is 8.61. The first-order chi connectivity index (χ1) is 15.8. The first kappa shape index (κ1) is 21.8. The summed E-state index contributed by atoms with van der Waals surface area (Å²) >= 11 is 0. The number of nitrogens with zero attached hydrogens (tertiary/aromatic N) is 4. The number of carbonyl (C=O) groups excluding carboxylic acids is 3. The summed E-state index contributed by atoms with van der Waals surface area (Å²) in [6.45, 7) is -0.284. The van der Waals surface area contributed by atoms with Crippen LogP contribution in [0, 0.1) is 32.1 Å². The number of non-ortho nitro benzene ring substituents is 1. The number of hydrazine groups is 1. The molecule has 1 aliphatic heterocycles. The van der Waals surface area contributed by atoms with Crippen LogP contribution in [0.1, 0.15) is 28.8 Å². The molecule has 0 bridgehead atoms. The molecule has 0 unspecified atom stereocenters. The molecule has 11 heteroatoms. The summed E-state index contributed by atoms with van der Waals surface area (Å²) < 4.78 is 0. The predicted octanol–water partition coefficient (Wildman–Crippen LogP) is 3.01. The average Bonchev–Trinajstić information content (AvgIpc) is 3.07. The highest BCUT2D eigenvalue weighted by atomic mass is 16.6. The van der Waals surface area contributed by atoms with Crippen LogP contribution in [-0.2, 0) is 16.1 Å². The fourth-order valence-electron chi connectivity index (χ4n) is 4.10. The molecule has 3 amide bonds. The Bertz CT molecular complexity index is 1170. The quantitative estimate of drug-likeness (QED) is 0.285. The maximum atomic E-state index is 13.5. The Morgan fingerprint density at radius 2 is 1.48 bits per heavy atom. The lowest BCUT2D eigenvalue weighted by atomic mass is 9.85. The Morgan fingerprint density at radius 3 is 2.03 bits per heavy atom. The van der Waals surface area contributed by atoms with E-state index in [1.165, 1.54) is 42.5 Å². The lowest BCUT2D eigenvalue weighted by Gasteiger charge is -2.30. The monoisotopic (exact) mass is 450 g/mol. The zero-order valence-electron chi connectivity index (χ0n) is 17.2. The highest BCUT2D eigenvalue weighted by molar-refractivity contribution is 6.08. The summed E-state index contributed by atoms with van der Waals surface area (Å²) in [5, 5.41) is 24.1. The van der Waals surface area contributed by atoms with Gasteiger partial charge in [-0.2, -0.15) is 5.01 Å². The van der Waals surface area contributed by atoms with Crippen LogP contribution in [0.5, 0.6) is 0 Å². The Labute approximate surface area is 187 Å². The number of amides is 3. The standard InChI is InChI=1S/C22H18N4O7/c27-20(18-7-3-4-8-19(18)26(32)33)23(13-14-9-11-15(12-10-14)25(30)31)24-21(28)16-5-1-2-6-17(16)22(24)29/h1-4,7-12,16-17H,5-6,13H2/t16-,17-/m0/s1. The van der Waals surface area contributed by atoms with Crippen molar-refractivity contribution in [1.82, 2.24) is 10.0 Å². The van der Waals surface area contributed by atoms with Crippen molar-refractivity contribution in [2.75, 3.05) is 0 Å². The van der Waals surface area contributed by atoms with E-state index >= 15 is 0 Å². The van der Waals surface area contributed by atoms with E-state index < -0.39 is 45.1 Å². The van der Waals surface area contributed by atoms with Gasteiger partial charge in [-0.15, -0.1) is 0 Å². The Hall–Kier alpha value is -4.41. The number of fused-ring (bicyclic) bond motifs is 1. The molecule has 168 valence electrons. The Balaban J connectivity index is 1.75. The molecule has 4 rings (SSSR count). The van der Waals surface area contributed by atoms with Gasteiger partial charge in [-0.25, -0.2) is 5.01 Å². The van der Waals surface area contributed by atoms with Crippen LogP contribution in [0.15, 0.2) is 60.7 Å². The second-order valence-electron chi connectivity index (χ2n) is 7.70. The van der Waals surface area contributed by atoms with E-state index in [0.29, 0.717) is 18.4 Å². The van der Waals surface area contributed by atoms with Gasteiger partial charge in [-0.3, -0.25) is 34.6 Å². The largest absolute Gasteiger partial charge is 0.282 e. The molecule has 0 saturated carbocycles. The number of nitro benzene ring substituents is 2. The summed E-state index contributed by atoms with van der Waals surface area (Å²) in [7, 11) is 0. The third-order valence-corrected chi connectivity index (χ3v) is 5.77. The number of para-hydroxylation sites is 1. The lowest BCUT2D eigenvalue weighted by Crippen LogP contribution is -2.49. The van der Waals surface area contributed by atoms with Crippen molar-refractivity contribution in [3.63, 3.8) is 0 Å². The van der Waals surface area contributed by atoms with Gasteiger partial charge >= 0.3 is 0 Å². The van der Waals surface area contributed by atoms with Gasteiger partial charge in [0.25, 0.3) is 29.1 Å². The molecule has 2 aromatic rings.